The molecule has 1 aliphatic heterocycles. The fourth-order valence-corrected chi connectivity index (χ4v) is 2.53. The lowest BCUT2D eigenvalue weighted by Crippen LogP contribution is -2.04. The SMILES string of the molecule is CC(C)Cn1cc(C=O)c(-c2ccc3c(c2)COC3)n1. The summed E-state index contributed by atoms with van der Waals surface area (Å²) in [6.07, 6.45) is 2.70. The Morgan fingerprint density at radius 1 is 1.35 bits per heavy atom. The number of aldehydes is 1. The van der Waals surface area contributed by atoms with Crippen LogP contribution in [0.2, 0.25) is 0 Å². The van der Waals surface area contributed by atoms with Crippen LogP contribution in [-0.4, -0.2) is 16.1 Å². The minimum Gasteiger partial charge on any atom is -0.372 e. The van der Waals surface area contributed by atoms with E-state index in [0.29, 0.717) is 24.7 Å². The number of rotatable bonds is 4. The lowest BCUT2D eigenvalue weighted by atomic mass is 10.0. The third kappa shape index (κ3) is 2.39. The molecule has 0 fully saturated rings. The summed E-state index contributed by atoms with van der Waals surface area (Å²) in [5.41, 5.74) is 4.81. The molecular formula is C16H18N2O2. The molecule has 104 valence electrons. The Morgan fingerprint density at radius 3 is 2.90 bits per heavy atom. The maximum absolute atomic E-state index is 11.3. The highest BCUT2D eigenvalue weighted by molar-refractivity contribution is 5.85. The van der Waals surface area contributed by atoms with Crippen LogP contribution in [0.3, 0.4) is 0 Å². The van der Waals surface area contributed by atoms with Crippen molar-refractivity contribution in [2.24, 2.45) is 5.92 Å². The molecule has 0 bridgehead atoms. The Labute approximate surface area is 118 Å². The van der Waals surface area contributed by atoms with Crippen LogP contribution < -0.4 is 0 Å². The van der Waals surface area contributed by atoms with Crippen LogP contribution in [0.25, 0.3) is 11.3 Å². The molecular weight excluding hydrogens is 252 g/mol. The average molecular weight is 270 g/mol. The molecule has 0 aliphatic carbocycles. The van der Waals surface area contributed by atoms with Crippen LogP contribution >= 0.6 is 0 Å². The smallest absolute Gasteiger partial charge is 0.153 e. The van der Waals surface area contributed by atoms with E-state index in [9.17, 15) is 4.79 Å². The van der Waals surface area contributed by atoms with Crippen molar-refractivity contribution in [3.05, 3.63) is 41.1 Å². The number of hydrogen-bond donors (Lipinski definition) is 0. The van der Waals surface area contributed by atoms with Crippen LogP contribution in [0.1, 0.15) is 35.3 Å². The zero-order chi connectivity index (χ0) is 14.1. The Balaban J connectivity index is 2.00. The van der Waals surface area contributed by atoms with Crippen molar-refractivity contribution >= 4 is 6.29 Å². The van der Waals surface area contributed by atoms with E-state index in [-0.39, 0.29) is 0 Å². The summed E-state index contributed by atoms with van der Waals surface area (Å²) in [5, 5.41) is 4.56. The summed E-state index contributed by atoms with van der Waals surface area (Å²) in [6.45, 7) is 6.41. The van der Waals surface area contributed by atoms with E-state index in [1.54, 1.807) is 0 Å². The molecule has 2 aromatic rings. The maximum atomic E-state index is 11.3. The molecule has 4 nitrogen and oxygen atoms in total. The quantitative estimate of drug-likeness (QED) is 0.802. The summed E-state index contributed by atoms with van der Waals surface area (Å²) in [5.74, 6) is 0.496. The second-order valence-electron chi connectivity index (χ2n) is 5.64. The molecule has 0 amide bonds. The van der Waals surface area contributed by atoms with Crippen molar-refractivity contribution < 1.29 is 9.53 Å². The highest BCUT2D eigenvalue weighted by Crippen LogP contribution is 2.27. The number of fused-ring (bicyclic) bond motifs is 1. The van der Waals surface area contributed by atoms with Gasteiger partial charge in [-0.25, -0.2) is 0 Å². The van der Waals surface area contributed by atoms with E-state index in [2.05, 4.69) is 31.1 Å². The van der Waals surface area contributed by atoms with Gasteiger partial charge >= 0.3 is 0 Å². The number of benzene rings is 1. The summed E-state index contributed by atoms with van der Waals surface area (Å²) in [6, 6.07) is 6.16. The molecule has 0 saturated heterocycles. The van der Waals surface area contributed by atoms with E-state index in [0.717, 1.165) is 24.1 Å². The van der Waals surface area contributed by atoms with Crippen LogP contribution in [-0.2, 0) is 24.5 Å². The summed E-state index contributed by atoms with van der Waals surface area (Å²) in [4.78, 5) is 11.3. The van der Waals surface area contributed by atoms with Crippen molar-refractivity contribution in [1.82, 2.24) is 9.78 Å². The molecule has 4 heteroatoms. The summed E-state index contributed by atoms with van der Waals surface area (Å²) < 4.78 is 7.28. The zero-order valence-corrected chi connectivity index (χ0v) is 11.8. The lowest BCUT2D eigenvalue weighted by molar-refractivity contribution is 0.112. The van der Waals surface area contributed by atoms with E-state index in [1.165, 1.54) is 11.1 Å². The number of carbonyl (C=O) groups is 1. The first-order valence-corrected chi connectivity index (χ1v) is 6.90. The molecule has 1 aromatic carbocycles. The standard InChI is InChI=1S/C16H18N2O2/c1-11(2)6-18-7-15(8-19)16(17-18)12-3-4-13-9-20-10-14(13)5-12/h3-5,7-8,11H,6,9-10H2,1-2H3. The Morgan fingerprint density at radius 2 is 2.15 bits per heavy atom. The van der Waals surface area contributed by atoms with E-state index >= 15 is 0 Å². The molecule has 2 heterocycles. The highest BCUT2D eigenvalue weighted by Gasteiger charge is 2.16. The van der Waals surface area contributed by atoms with E-state index < -0.39 is 0 Å². The van der Waals surface area contributed by atoms with Crippen molar-refractivity contribution in [2.45, 2.75) is 33.6 Å². The molecule has 1 aliphatic rings. The second-order valence-corrected chi connectivity index (χ2v) is 5.64. The first-order chi connectivity index (χ1) is 9.67. The van der Waals surface area contributed by atoms with Crippen molar-refractivity contribution in [1.29, 1.82) is 0 Å². The Kier molecular flexibility index (Phi) is 3.40. The van der Waals surface area contributed by atoms with E-state index in [4.69, 9.17) is 4.74 Å². The van der Waals surface area contributed by atoms with Gasteiger partial charge in [0.25, 0.3) is 0 Å². The van der Waals surface area contributed by atoms with Crippen LogP contribution in [0.4, 0.5) is 0 Å². The third-order valence-corrected chi connectivity index (χ3v) is 3.46. The maximum Gasteiger partial charge on any atom is 0.153 e. The van der Waals surface area contributed by atoms with Crippen LogP contribution in [0.15, 0.2) is 24.4 Å². The van der Waals surface area contributed by atoms with Gasteiger partial charge in [0, 0.05) is 18.3 Å². The highest BCUT2D eigenvalue weighted by atomic mass is 16.5. The normalized spacial score (nSPS) is 13.8. The van der Waals surface area contributed by atoms with Gasteiger partial charge in [-0.2, -0.15) is 5.10 Å². The summed E-state index contributed by atoms with van der Waals surface area (Å²) >= 11 is 0. The molecule has 1 aromatic heterocycles. The molecule has 3 rings (SSSR count). The average Bonchev–Trinajstić information content (AvgIpc) is 3.02. The first-order valence-electron chi connectivity index (χ1n) is 6.90. The van der Waals surface area contributed by atoms with Gasteiger partial charge in [-0.3, -0.25) is 9.48 Å². The van der Waals surface area contributed by atoms with Crippen molar-refractivity contribution in [2.75, 3.05) is 0 Å². The number of carbonyl (C=O) groups excluding carboxylic acids is 1. The largest absolute Gasteiger partial charge is 0.372 e. The molecule has 0 unspecified atom stereocenters. The number of hydrogen-bond acceptors (Lipinski definition) is 3. The van der Waals surface area contributed by atoms with Gasteiger partial charge < -0.3 is 4.74 Å². The third-order valence-electron chi connectivity index (χ3n) is 3.46. The van der Waals surface area contributed by atoms with Gasteiger partial charge in [-0.15, -0.1) is 0 Å². The number of ether oxygens (including phenoxy) is 1. The predicted molar refractivity (Wildman–Crippen MR) is 76.4 cm³/mol. The minimum atomic E-state index is 0.496. The van der Waals surface area contributed by atoms with Gasteiger partial charge in [0.1, 0.15) is 5.69 Å². The van der Waals surface area contributed by atoms with Gasteiger partial charge in [-0.05, 0) is 23.1 Å². The molecule has 0 N–H and O–H groups in total. The van der Waals surface area contributed by atoms with Crippen LogP contribution in [0, 0.1) is 5.92 Å². The molecule has 20 heavy (non-hydrogen) atoms. The molecule has 0 radical (unpaired) electrons. The topological polar surface area (TPSA) is 44.1 Å². The molecule has 0 atom stereocenters. The number of nitrogens with zero attached hydrogens (tertiary/aromatic N) is 2. The van der Waals surface area contributed by atoms with Crippen molar-refractivity contribution in [3.8, 4) is 11.3 Å². The van der Waals surface area contributed by atoms with Crippen molar-refractivity contribution in [3.63, 3.8) is 0 Å². The molecule has 0 spiro atoms. The monoisotopic (exact) mass is 270 g/mol. The van der Waals surface area contributed by atoms with Gasteiger partial charge in [-0.1, -0.05) is 26.0 Å². The zero-order valence-electron chi connectivity index (χ0n) is 11.8. The fourth-order valence-electron chi connectivity index (χ4n) is 2.53. The van der Waals surface area contributed by atoms with Gasteiger partial charge in [0.2, 0.25) is 0 Å². The lowest BCUT2D eigenvalue weighted by Gasteiger charge is -2.04. The Hall–Kier alpha value is -1.94. The fraction of sp³-hybridized carbons (Fsp3) is 0.375. The Bertz CT molecular complexity index is 644. The second kappa shape index (κ2) is 5.21. The summed E-state index contributed by atoms with van der Waals surface area (Å²) in [7, 11) is 0. The van der Waals surface area contributed by atoms with E-state index in [1.807, 2.05) is 16.9 Å². The van der Waals surface area contributed by atoms with Crippen LogP contribution in [0.5, 0.6) is 0 Å². The van der Waals surface area contributed by atoms with Gasteiger partial charge in [0.05, 0.1) is 18.8 Å². The van der Waals surface area contributed by atoms with Gasteiger partial charge in [0.15, 0.2) is 6.29 Å². The molecule has 0 saturated carbocycles. The predicted octanol–water partition coefficient (Wildman–Crippen LogP) is 3.05. The first kappa shape index (κ1) is 13.1. The minimum absolute atomic E-state index is 0.496. The number of aromatic nitrogens is 2.